The van der Waals surface area contributed by atoms with E-state index in [2.05, 4.69) is 0 Å². The highest BCUT2D eigenvalue weighted by molar-refractivity contribution is 5.72. The maximum Gasteiger partial charge on any atom is 0.133 e. The largest absolute Gasteiger partial charge is 0.507 e. The van der Waals surface area contributed by atoms with Crippen molar-refractivity contribution in [3.63, 3.8) is 0 Å². The van der Waals surface area contributed by atoms with Gasteiger partial charge < -0.3 is 9.84 Å². The van der Waals surface area contributed by atoms with Crippen molar-refractivity contribution in [1.82, 2.24) is 0 Å². The van der Waals surface area contributed by atoms with Gasteiger partial charge in [-0.1, -0.05) is 36.4 Å². The Morgan fingerprint density at radius 3 is 2.47 bits per heavy atom. The smallest absolute Gasteiger partial charge is 0.133 e. The minimum absolute atomic E-state index is 0.248. The molecule has 0 bridgehead atoms. The lowest BCUT2D eigenvalue weighted by molar-refractivity contribution is 0.408. The number of methoxy groups -OCH3 is 1. The van der Waals surface area contributed by atoms with E-state index < -0.39 is 0 Å². The third-order valence-corrected chi connectivity index (χ3v) is 2.30. The van der Waals surface area contributed by atoms with Crippen molar-refractivity contribution in [1.29, 1.82) is 0 Å². The van der Waals surface area contributed by atoms with Crippen LogP contribution in [0.4, 0.5) is 0 Å². The summed E-state index contributed by atoms with van der Waals surface area (Å²) in [6.45, 7) is 0. The summed E-state index contributed by atoms with van der Waals surface area (Å²) >= 11 is 0. The van der Waals surface area contributed by atoms with Crippen LogP contribution < -0.4 is 4.74 Å². The Kier molecular flexibility index (Phi) is 2.59. The summed E-state index contributed by atoms with van der Waals surface area (Å²) in [4.78, 5) is 0. The molecule has 0 radical (unpaired) electrons. The predicted octanol–water partition coefficient (Wildman–Crippen LogP) is 3.09. The van der Waals surface area contributed by atoms with Crippen LogP contribution in [-0.2, 0) is 0 Å². The van der Waals surface area contributed by atoms with E-state index in [1.165, 1.54) is 0 Å². The van der Waals surface area contributed by atoms with Crippen LogP contribution in [0.2, 0.25) is 0 Å². The fourth-order valence-electron chi connectivity index (χ4n) is 1.53. The number of hydrogen-bond acceptors (Lipinski definition) is 2. The normalized spacial score (nSPS) is 13.3. The van der Waals surface area contributed by atoms with Crippen molar-refractivity contribution < 1.29 is 9.84 Å². The van der Waals surface area contributed by atoms with Gasteiger partial charge in [0.2, 0.25) is 0 Å². The molecule has 1 aromatic carbocycles. The van der Waals surface area contributed by atoms with Gasteiger partial charge in [0.15, 0.2) is 0 Å². The van der Waals surface area contributed by atoms with Gasteiger partial charge in [0.05, 0.1) is 12.7 Å². The summed E-state index contributed by atoms with van der Waals surface area (Å²) in [6, 6.07) is 7.41. The van der Waals surface area contributed by atoms with Gasteiger partial charge in [-0.05, 0) is 12.1 Å². The van der Waals surface area contributed by atoms with E-state index in [0.29, 0.717) is 11.3 Å². The molecule has 0 saturated heterocycles. The zero-order valence-corrected chi connectivity index (χ0v) is 8.47. The quantitative estimate of drug-likeness (QED) is 0.743. The molecule has 0 atom stereocenters. The first-order valence-corrected chi connectivity index (χ1v) is 4.74. The average Bonchev–Trinajstić information content (AvgIpc) is 2.81. The topological polar surface area (TPSA) is 29.5 Å². The molecule has 0 fully saturated rings. The minimum atomic E-state index is 0.248. The standard InChI is InChI=1S/C13H12O2/c1-15-12-9-5-4-8-11(12)13(14)10-6-2-3-7-10/h2-9,14H,1H3. The summed E-state index contributed by atoms with van der Waals surface area (Å²) < 4.78 is 5.18. The minimum Gasteiger partial charge on any atom is -0.507 e. The average molecular weight is 200 g/mol. The second kappa shape index (κ2) is 4.05. The van der Waals surface area contributed by atoms with E-state index in [1.807, 2.05) is 48.6 Å². The molecule has 1 aliphatic carbocycles. The summed E-state index contributed by atoms with van der Waals surface area (Å²) in [6.07, 6.45) is 7.51. The molecular formula is C13H12O2. The van der Waals surface area contributed by atoms with E-state index in [-0.39, 0.29) is 5.76 Å². The highest BCUT2D eigenvalue weighted by Crippen LogP contribution is 2.28. The van der Waals surface area contributed by atoms with Gasteiger partial charge in [0.1, 0.15) is 11.5 Å². The van der Waals surface area contributed by atoms with Crippen molar-refractivity contribution in [3.8, 4) is 5.75 Å². The molecule has 0 heterocycles. The van der Waals surface area contributed by atoms with Crippen molar-refractivity contribution in [2.24, 2.45) is 0 Å². The molecule has 0 unspecified atom stereocenters. The maximum absolute atomic E-state index is 10.0. The Balaban J connectivity index is 2.50. The maximum atomic E-state index is 10.0. The SMILES string of the molecule is COc1ccccc1C(O)=C1C=CC=C1. The molecule has 1 N–H and O–H groups in total. The number of para-hydroxylation sites is 1. The Labute approximate surface area is 88.8 Å². The predicted molar refractivity (Wildman–Crippen MR) is 60.8 cm³/mol. The van der Waals surface area contributed by atoms with Gasteiger partial charge >= 0.3 is 0 Å². The summed E-state index contributed by atoms with van der Waals surface area (Å²) in [5.41, 5.74) is 1.52. The first kappa shape index (κ1) is 9.59. The second-order valence-electron chi connectivity index (χ2n) is 3.22. The lowest BCUT2D eigenvalue weighted by atomic mass is 10.1. The Morgan fingerprint density at radius 2 is 1.80 bits per heavy atom. The molecule has 1 aliphatic rings. The van der Waals surface area contributed by atoms with Crippen LogP contribution >= 0.6 is 0 Å². The molecule has 0 saturated carbocycles. The first-order chi connectivity index (χ1) is 7.33. The molecule has 2 nitrogen and oxygen atoms in total. The van der Waals surface area contributed by atoms with Gasteiger partial charge in [-0.15, -0.1) is 0 Å². The zero-order valence-electron chi connectivity index (χ0n) is 8.47. The molecule has 2 heteroatoms. The number of aliphatic hydroxyl groups excluding tert-OH is 1. The van der Waals surface area contributed by atoms with Gasteiger partial charge in [-0.2, -0.15) is 0 Å². The summed E-state index contributed by atoms with van der Waals surface area (Å²) in [5.74, 6) is 0.925. The third-order valence-electron chi connectivity index (χ3n) is 2.30. The van der Waals surface area contributed by atoms with Crippen LogP contribution in [0.25, 0.3) is 5.76 Å². The Hall–Kier alpha value is -1.96. The van der Waals surface area contributed by atoms with Crippen LogP contribution in [0, 0.1) is 0 Å². The van der Waals surface area contributed by atoms with Gasteiger partial charge in [0.25, 0.3) is 0 Å². The molecule has 0 aromatic heterocycles. The first-order valence-electron chi connectivity index (χ1n) is 4.74. The van der Waals surface area contributed by atoms with E-state index in [1.54, 1.807) is 7.11 Å². The van der Waals surface area contributed by atoms with E-state index in [9.17, 15) is 5.11 Å². The highest BCUT2D eigenvalue weighted by atomic mass is 16.5. The molecule has 0 amide bonds. The molecule has 1 aromatic rings. The number of hydrogen-bond donors (Lipinski definition) is 1. The summed E-state index contributed by atoms with van der Waals surface area (Å²) in [5, 5.41) is 10.0. The summed E-state index contributed by atoms with van der Waals surface area (Å²) in [7, 11) is 1.59. The number of allylic oxidation sites excluding steroid dienone is 5. The van der Waals surface area contributed by atoms with Gasteiger partial charge in [-0.25, -0.2) is 0 Å². The van der Waals surface area contributed by atoms with Gasteiger partial charge in [-0.3, -0.25) is 0 Å². The van der Waals surface area contributed by atoms with Crippen LogP contribution in [0.1, 0.15) is 5.56 Å². The van der Waals surface area contributed by atoms with Crippen molar-refractivity contribution in [3.05, 3.63) is 59.7 Å². The van der Waals surface area contributed by atoms with E-state index in [4.69, 9.17) is 4.74 Å². The van der Waals surface area contributed by atoms with Gasteiger partial charge in [0, 0.05) is 5.57 Å². The number of benzene rings is 1. The Bertz CT molecular complexity index is 439. The molecule has 76 valence electrons. The van der Waals surface area contributed by atoms with Crippen LogP contribution in [0.15, 0.2) is 54.1 Å². The third kappa shape index (κ3) is 1.79. The zero-order chi connectivity index (χ0) is 10.7. The number of aliphatic hydroxyl groups is 1. The van der Waals surface area contributed by atoms with Crippen molar-refractivity contribution >= 4 is 5.76 Å². The fourth-order valence-corrected chi connectivity index (χ4v) is 1.53. The van der Waals surface area contributed by atoms with Crippen molar-refractivity contribution in [2.45, 2.75) is 0 Å². The lowest BCUT2D eigenvalue weighted by Crippen LogP contribution is -1.92. The highest BCUT2D eigenvalue weighted by Gasteiger charge is 2.09. The monoisotopic (exact) mass is 200 g/mol. The van der Waals surface area contributed by atoms with Crippen molar-refractivity contribution in [2.75, 3.05) is 7.11 Å². The molecule has 0 aliphatic heterocycles. The molecular weight excluding hydrogens is 188 g/mol. The van der Waals surface area contributed by atoms with Crippen LogP contribution in [0.5, 0.6) is 5.75 Å². The number of ether oxygens (including phenoxy) is 1. The van der Waals surface area contributed by atoms with Crippen LogP contribution in [-0.4, -0.2) is 12.2 Å². The second-order valence-corrected chi connectivity index (χ2v) is 3.22. The molecule has 15 heavy (non-hydrogen) atoms. The Morgan fingerprint density at radius 1 is 1.13 bits per heavy atom. The molecule has 0 spiro atoms. The van der Waals surface area contributed by atoms with Crippen LogP contribution in [0.3, 0.4) is 0 Å². The fraction of sp³-hybridized carbons (Fsp3) is 0.0769. The van der Waals surface area contributed by atoms with E-state index in [0.717, 1.165) is 5.57 Å². The van der Waals surface area contributed by atoms with E-state index >= 15 is 0 Å². The number of rotatable bonds is 2. The molecule has 2 rings (SSSR count). The lowest BCUT2D eigenvalue weighted by Gasteiger charge is -2.08.